The number of amides is 1. The summed E-state index contributed by atoms with van der Waals surface area (Å²) in [5.41, 5.74) is 1.53. The van der Waals surface area contributed by atoms with E-state index < -0.39 is 11.7 Å². The second-order valence-electron chi connectivity index (χ2n) is 6.61. The van der Waals surface area contributed by atoms with Gasteiger partial charge in [0.1, 0.15) is 0 Å². The van der Waals surface area contributed by atoms with Crippen molar-refractivity contribution in [2.45, 2.75) is 19.3 Å². The molecule has 3 rings (SSSR count). The van der Waals surface area contributed by atoms with Crippen molar-refractivity contribution >= 4 is 41.5 Å². The fraction of sp³-hybridized carbons (Fsp3) is 0.182. The van der Waals surface area contributed by atoms with E-state index in [2.05, 4.69) is 20.9 Å². The van der Waals surface area contributed by atoms with E-state index in [0.717, 1.165) is 17.7 Å². The van der Waals surface area contributed by atoms with Gasteiger partial charge in [0.05, 0.1) is 11.8 Å². The molecule has 0 aliphatic heterocycles. The second-order valence-corrected chi connectivity index (χ2v) is 6.61. The third-order valence-corrected chi connectivity index (χ3v) is 4.35. The minimum atomic E-state index is -4.35. The molecule has 0 bridgehead atoms. The number of halogens is 4. The summed E-state index contributed by atoms with van der Waals surface area (Å²) in [5.74, 6) is 0.366. The lowest BCUT2D eigenvalue weighted by Gasteiger charge is -2.13. The van der Waals surface area contributed by atoms with Crippen LogP contribution in [0.25, 0.3) is 0 Å². The Kier molecular flexibility index (Phi) is 9.12. The van der Waals surface area contributed by atoms with Gasteiger partial charge in [-0.05, 0) is 47.5 Å². The van der Waals surface area contributed by atoms with Crippen LogP contribution < -0.4 is 16.0 Å². The van der Waals surface area contributed by atoms with Gasteiger partial charge in [-0.15, -0.1) is 24.0 Å². The molecule has 0 unspecified atom stereocenters. The highest BCUT2D eigenvalue weighted by Gasteiger charge is 2.29. The lowest BCUT2D eigenvalue weighted by Crippen LogP contribution is -2.36. The molecule has 0 spiro atoms. The first-order chi connectivity index (χ1) is 14.8. The number of benzene rings is 2. The monoisotopic (exact) mass is 558 g/mol. The van der Waals surface area contributed by atoms with Crippen LogP contribution in [-0.4, -0.2) is 18.9 Å². The molecule has 1 amide bonds. The number of anilines is 1. The Labute approximate surface area is 200 Å². The molecule has 0 saturated carbocycles. The van der Waals surface area contributed by atoms with Crippen molar-refractivity contribution in [2.24, 2.45) is 4.99 Å². The molecule has 6 nitrogen and oxygen atoms in total. The maximum Gasteiger partial charge on any atom is 0.416 e. The molecular formula is C22H22F3IN4O2. The molecule has 170 valence electrons. The van der Waals surface area contributed by atoms with Gasteiger partial charge in [-0.3, -0.25) is 9.79 Å². The van der Waals surface area contributed by atoms with Gasteiger partial charge in [-0.25, -0.2) is 0 Å². The fourth-order valence-electron chi connectivity index (χ4n) is 2.76. The lowest BCUT2D eigenvalue weighted by molar-refractivity contribution is -0.137. The molecule has 0 saturated heterocycles. The summed E-state index contributed by atoms with van der Waals surface area (Å²) in [6.45, 7) is 0.744. The Morgan fingerprint density at radius 2 is 1.66 bits per heavy atom. The van der Waals surface area contributed by atoms with E-state index in [0.29, 0.717) is 30.3 Å². The van der Waals surface area contributed by atoms with Gasteiger partial charge in [0.2, 0.25) is 0 Å². The molecule has 0 fully saturated rings. The van der Waals surface area contributed by atoms with Crippen LogP contribution in [0.4, 0.5) is 18.9 Å². The van der Waals surface area contributed by atoms with E-state index >= 15 is 0 Å². The normalized spacial score (nSPS) is 11.4. The quantitative estimate of drug-likeness (QED) is 0.225. The summed E-state index contributed by atoms with van der Waals surface area (Å²) in [6.07, 6.45) is -2.92. The SMILES string of the molecule is CN=C(NCc1ccc(C(F)(F)F)cc1)NCc1cccc(NC(=O)c2ccco2)c1.I. The van der Waals surface area contributed by atoms with E-state index in [1.807, 2.05) is 18.2 Å². The molecule has 0 aliphatic carbocycles. The topological polar surface area (TPSA) is 78.7 Å². The standard InChI is InChI=1S/C22H21F3N4O2.HI/c1-26-21(27-13-15-7-9-17(10-8-15)22(23,24)25)28-14-16-4-2-5-18(12-16)29-20(30)19-6-3-11-31-19;/h2-12H,13-14H2,1H3,(H,29,30)(H2,26,27,28);1H. The van der Waals surface area contributed by atoms with Crippen molar-refractivity contribution in [3.8, 4) is 0 Å². The van der Waals surface area contributed by atoms with Gasteiger partial charge < -0.3 is 20.4 Å². The summed E-state index contributed by atoms with van der Waals surface area (Å²) in [5, 5.41) is 8.94. The van der Waals surface area contributed by atoms with E-state index in [4.69, 9.17) is 4.42 Å². The van der Waals surface area contributed by atoms with Crippen LogP contribution >= 0.6 is 24.0 Å². The number of aliphatic imine (C=N–C) groups is 1. The highest BCUT2D eigenvalue weighted by molar-refractivity contribution is 14.0. The lowest BCUT2D eigenvalue weighted by atomic mass is 10.1. The Balaban J connectivity index is 0.00000363. The Bertz CT molecular complexity index is 1040. The van der Waals surface area contributed by atoms with Gasteiger partial charge in [-0.2, -0.15) is 13.2 Å². The maximum atomic E-state index is 12.6. The van der Waals surface area contributed by atoms with Crippen LogP contribution in [0.5, 0.6) is 0 Å². The summed E-state index contributed by atoms with van der Waals surface area (Å²) in [6, 6.07) is 15.4. The zero-order valence-corrected chi connectivity index (χ0v) is 19.4. The Morgan fingerprint density at radius 3 is 2.25 bits per heavy atom. The molecule has 10 heteroatoms. The van der Waals surface area contributed by atoms with Crippen LogP contribution in [0.1, 0.15) is 27.2 Å². The van der Waals surface area contributed by atoms with Crippen LogP contribution in [0.2, 0.25) is 0 Å². The Hall–Kier alpha value is -3.02. The first-order valence-corrected chi connectivity index (χ1v) is 9.39. The molecule has 32 heavy (non-hydrogen) atoms. The van der Waals surface area contributed by atoms with E-state index in [1.54, 1.807) is 25.2 Å². The van der Waals surface area contributed by atoms with Crippen molar-refractivity contribution in [1.29, 1.82) is 0 Å². The van der Waals surface area contributed by atoms with Gasteiger partial charge in [-0.1, -0.05) is 24.3 Å². The number of rotatable bonds is 6. The molecule has 0 radical (unpaired) electrons. The Morgan fingerprint density at radius 1 is 0.969 bits per heavy atom. The number of carbonyl (C=O) groups excluding carboxylic acids is 1. The smallest absolute Gasteiger partial charge is 0.416 e. The minimum Gasteiger partial charge on any atom is -0.459 e. The van der Waals surface area contributed by atoms with Crippen molar-refractivity contribution in [2.75, 3.05) is 12.4 Å². The first-order valence-electron chi connectivity index (χ1n) is 9.39. The van der Waals surface area contributed by atoms with Crippen molar-refractivity contribution in [3.63, 3.8) is 0 Å². The zero-order valence-electron chi connectivity index (χ0n) is 17.1. The molecule has 3 aromatic rings. The summed E-state index contributed by atoms with van der Waals surface area (Å²) in [4.78, 5) is 16.2. The van der Waals surface area contributed by atoms with E-state index in [1.165, 1.54) is 18.4 Å². The summed E-state index contributed by atoms with van der Waals surface area (Å²) in [7, 11) is 1.60. The fourth-order valence-corrected chi connectivity index (χ4v) is 2.76. The predicted octanol–water partition coefficient (Wildman–Crippen LogP) is 5.03. The van der Waals surface area contributed by atoms with Crippen LogP contribution in [0.15, 0.2) is 76.3 Å². The highest BCUT2D eigenvalue weighted by atomic mass is 127. The number of hydrogen-bond donors (Lipinski definition) is 3. The summed E-state index contributed by atoms with van der Waals surface area (Å²) >= 11 is 0. The maximum absolute atomic E-state index is 12.6. The van der Waals surface area contributed by atoms with Crippen LogP contribution in [-0.2, 0) is 19.3 Å². The van der Waals surface area contributed by atoms with Crippen molar-refractivity contribution < 1.29 is 22.4 Å². The molecule has 0 aliphatic rings. The third-order valence-electron chi connectivity index (χ3n) is 4.35. The average Bonchev–Trinajstić information content (AvgIpc) is 3.29. The molecular weight excluding hydrogens is 536 g/mol. The molecule has 1 aromatic heterocycles. The number of alkyl halides is 3. The number of carbonyl (C=O) groups is 1. The minimum absolute atomic E-state index is 0. The first kappa shape index (κ1) is 25.2. The molecule has 3 N–H and O–H groups in total. The van der Waals surface area contributed by atoms with Crippen LogP contribution in [0.3, 0.4) is 0 Å². The number of hydrogen-bond acceptors (Lipinski definition) is 3. The van der Waals surface area contributed by atoms with Gasteiger partial charge in [0, 0.05) is 25.8 Å². The summed E-state index contributed by atoms with van der Waals surface area (Å²) < 4.78 is 43.0. The third kappa shape index (κ3) is 7.29. The molecule has 0 atom stereocenters. The van der Waals surface area contributed by atoms with Crippen molar-refractivity contribution in [3.05, 3.63) is 89.4 Å². The van der Waals surface area contributed by atoms with E-state index in [9.17, 15) is 18.0 Å². The van der Waals surface area contributed by atoms with E-state index in [-0.39, 0.29) is 35.6 Å². The second kappa shape index (κ2) is 11.6. The molecule has 1 heterocycles. The number of nitrogens with one attached hydrogen (secondary N) is 3. The number of nitrogens with zero attached hydrogens (tertiary/aromatic N) is 1. The largest absolute Gasteiger partial charge is 0.459 e. The predicted molar refractivity (Wildman–Crippen MR) is 127 cm³/mol. The highest BCUT2D eigenvalue weighted by Crippen LogP contribution is 2.29. The average molecular weight is 558 g/mol. The van der Waals surface area contributed by atoms with Gasteiger partial charge in [0.15, 0.2) is 11.7 Å². The van der Waals surface area contributed by atoms with Crippen LogP contribution in [0, 0.1) is 0 Å². The molecule has 2 aromatic carbocycles. The van der Waals surface area contributed by atoms with Gasteiger partial charge in [0.25, 0.3) is 5.91 Å². The van der Waals surface area contributed by atoms with Crippen molar-refractivity contribution in [1.82, 2.24) is 10.6 Å². The number of furan rings is 1. The number of guanidine groups is 1. The zero-order chi connectivity index (χ0) is 22.3. The van der Waals surface area contributed by atoms with Gasteiger partial charge >= 0.3 is 6.18 Å².